The maximum absolute atomic E-state index is 10.9. The topological polar surface area (TPSA) is 62.2 Å². The Balaban J connectivity index is 2.23. The number of aromatic nitrogens is 1. The van der Waals surface area contributed by atoms with Crippen LogP contribution in [-0.2, 0) is 0 Å². The Hall–Kier alpha value is -2.01. The van der Waals surface area contributed by atoms with E-state index in [4.69, 9.17) is 5.11 Å². The van der Waals surface area contributed by atoms with E-state index in [2.05, 4.69) is 10.3 Å². The molecule has 0 fully saturated rings. The number of anilines is 2. The van der Waals surface area contributed by atoms with Crippen LogP contribution in [0, 0.1) is 6.92 Å². The number of pyridine rings is 1. The molecule has 0 aliphatic carbocycles. The van der Waals surface area contributed by atoms with Gasteiger partial charge in [-0.25, -0.2) is 9.78 Å². The minimum Gasteiger partial charge on any atom is -0.478 e. The van der Waals surface area contributed by atoms with Crippen molar-refractivity contribution in [3.05, 3.63) is 47.7 Å². The van der Waals surface area contributed by atoms with Crippen LogP contribution in [0.15, 0.2) is 41.3 Å². The van der Waals surface area contributed by atoms with Gasteiger partial charge in [-0.1, -0.05) is 6.07 Å². The lowest BCUT2D eigenvalue weighted by Crippen LogP contribution is -2.03. The van der Waals surface area contributed by atoms with Crippen molar-refractivity contribution in [3.8, 4) is 0 Å². The fourth-order valence-corrected chi connectivity index (χ4v) is 2.16. The van der Waals surface area contributed by atoms with Crippen LogP contribution < -0.4 is 5.32 Å². The molecule has 0 aliphatic heterocycles. The third-order valence-corrected chi connectivity index (χ3v) is 3.38. The van der Waals surface area contributed by atoms with Crippen LogP contribution in [0.2, 0.25) is 0 Å². The summed E-state index contributed by atoms with van der Waals surface area (Å²) in [6.07, 6.45) is 2.02. The minimum absolute atomic E-state index is 0.225. The Morgan fingerprint density at radius 2 is 2.11 bits per heavy atom. The highest BCUT2D eigenvalue weighted by molar-refractivity contribution is 7.98. The predicted molar refractivity (Wildman–Crippen MR) is 77.4 cm³/mol. The molecule has 98 valence electrons. The number of aromatic carboxylic acids is 1. The number of nitrogens with one attached hydrogen (secondary N) is 1. The summed E-state index contributed by atoms with van der Waals surface area (Å²) in [5.41, 5.74) is 1.66. The van der Waals surface area contributed by atoms with Gasteiger partial charge in [0.1, 0.15) is 5.82 Å². The van der Waals surface area contributed by atoms with Gasteiger partial charge in [-0.2, -0.15) is 0 Å². The number of hydrogen-bond acceptors (Lipinski definition) is 4. The van der Waals surface area contributed by atoms with E-state index >= 15 is 0 Å². The number of rotatable bonds is 4. The number of benzene rings is 1. The monoisotopic (exact) mass is 274 g/mol. The van der Waals surface area contributed by atoms with Crippen molar-refractivity contribution in [1.29, 1.82) is 0 Å². The number of nitrogens with zero attached hydrogens (tertiary/aromatic N) is 1. The van der Waals surface area contributed by atoms with E-state index < -0.39 is 5.97 Å². The van der Waals surface area contributed by atoms with E-state index in [-0.39, 0.29) is 5.56 Å². The van der Waals surface area contributed by atoms with Gasteiger partial charge in [-0.15, -0.1) is 11.8 Å². The summed E-state index contributed by atoms with van der Waals surface area (Å²) in [5, 5.41) is 12.1. The van der Waals surface area contributed by atoms with Gasteiger partial charge in [0, 0.05) is 10.6 Å². The van der Waals surface area contributed by atoms with Crippen molar-refractivity contribution < 1.29 is 9.90 Å². The van der Waals surface area contributed by atoms with Crippen molar-refractivity contribution in [1.82, 2.24) is 4.98 Å². The molecule has 2 N–H and O–H groups in total. The van der Waals surface area contributed by atoms with E-state index in [1.165, 1.54) is 0 Å². The fourth-order valence-electron chi connectivity index (χ4n) is 1.71. The second-order valence-corrected chi connectivity index (χ2v) is 4.87. The number of thioether (sulfide) groups is 1. The molecule has 5 heteroatoms. The standard InChI is InChI=1S/C14H14N2O2S/c1-9-12(14(17)18)6-7-13(15-9)16-10-4-3-5-11(8-10)19-2/h3-8H,1-2H3,(H,15,16)(H,17,18). The van der Waals surface area contributed by atoms with Gasteiger partial charge < -0.3 is 10.4 Å². The zero-order valence-corrected chi connectivity index (χ0v) is 11.5. The summed E-state index contributed by atoms with van der Waals surface area (Å²) >= 11 is 1.66. The Labute approximate surface area is 115 Å². The molecule has 1 aromatic carbocycles. The average Bonchev–Trinajstić information content (AvgIpc) is 2.38. The molecule has 0 aliphatic rings. The van der Waals surface area contributed by atoms with Gasteiger partial charge in [-0.05, 0) is 43.5 Å². The SMILES string of the molecule is CSc1cccc(Nc2ccc(C(=O)O)c(C)n2)c1. The molecular weight excluding hydrogens is 260 g/mol. The molecule has 1 heterocycles. The van der Waals surface area contributed by atoms with Crippen LogP contribution in [0.3, 0.4) is 0 Å². The molecule has 1 aromatic heterocycles. The number of carboxylic acid groups (broad SMARTS) is 1. The molecule has 4 nitrogen and oxygen atoms in total. The van der Waals surface area contributed by atoms with Crippen molar-refractivity contribution in [2.24, 2.45) is 0 Å². The van der Waals surface area contributed by atoms with E-state index in [9.17, 15) is 4.79 Å². The molecule has 0 radical (unpaired) electrons. The molecule has 2 aromatic rings. The van der Waals surface area contributed by atoms with Gasteiger partial charge in [-0.3, -0.25) is 0 Å². The predicted octanol–water partition coefficient (Wildman–Crippen LogP) is 3.55. The van der Waals surface area contributed by atoms with E-state index in [0.717, 1.165) is 10.6 Å². The molecule has 0 saturated carbocycles. The first-order valence-corrected chi connectivity index (χ1v) is 6.94. The Kier molecular flexibility index (Phi) is 4.06. The van der Waals surface area contributed by atoms with Crippen LogP contribution in [0.1, 0.15) is 16.1 Å². The van der Waals surface area contributed by atoms with Crippen LogP contribution in [-0.4, -0.2) is 22.3 Å². The number of aryl methyl sites for hydroxylation is 1. The van der Waals surface area contributed by atoms with Crippen LogP contribution >= 0.6 is 11.8 Å². The molecule has 0 atom stereocenters. The highest BCUT2D eigenvalue weighted by Crippen LogP contribution is 2.22. The summed E-state index contributed by atoms with van der Waals surface area (Å²) in [7, 11) is 0. The summed E-state index contributed by atoms with van der Waals surface area (Å²) in [6.45, 7) is 1.69. The first kappa shape index (κ1) is 13.4. The number of hydrogen-bond donors (Lipinski definition) is 2. The third kappa shape index (κ3) is 3.26. The Morgan fingerprint density at radius 1 is 1.32 bits per heavy atom. The van der Waals surface area contributed by atoms with Gasteiger partial charge >= 0.3 is 5.97 Å². The van der Waals surface area contributed by atoms with E-state index in [1.54, 1.807) is 30.8 Å². The van der Waals surface area contributed by atoms with Gasteiger partial charge in [0.2, 0.25) is 0 Å². The maximum Gasteiger partial charge on any atom is 0.337 e. The van der Waals surface area contributed by atoms with Crippen LogP contribution in [0.4, 0.5) is 11.5 Å². The van der Waals surface area contributed by atoms with Gasteiger partial charge in [0.25, 0.3) is 0 Å². The smallest absolute Gasteiger partial charge is 0.337 e. The Bertz CT molecular complexity index is 614. The number of carbonyl (C=O) groups is 1. The fraction of sp³-hybridized carbons (Fsp3) is 0.143. The lowest BCUT2D eigenvalue weighted by Gasteiger charge is -2.08. The van der Waals surface area contributed by atoms with Crippen LogP contribution in [0.25, 0.3) is 0 Å². The van der Waals surface area contributed by atoms with E-state index in [1.807, 2.05) is 30.5 Å². The molecule has 19 heavy (non-hydrogen) atoms. The minimum atomic E-state index is -0.957. The Morgan fingerprint density at radius 3 is 2.74 bits per heavy atom. The normalized spacial score (nSPS) is 10.2. The second kappa shape index (κ2) is 5.75. The lowest BCUT2D eigenvalue weighted by molar-refractivity contribution is 0.0695. The number of carboxylic acids is 1. The van der Waals surface area contributed by atoms with Gasteiger partial charge in [0.05, 0.1) is 11.3 Å². The first-order valence-electron chi connectivity index (χ1n) is 5.72. The second-order valence-electron chi connectivity index (χ2n) is 3.99. The summed E-state index contributed by atoms with van der Waals surface area (Å²) in [6, 6.07) is 11.2. The molecule has 0 unspecified atom stereocenters. The lowest BCUT2D eigenvalue weighted by atomic mass is 10.2. The average molecular weight is 274 g/mol. The largest absolute Gasteiger partial charge is 0.478 e. The molecule has 0 spiro atoms. The van der Waals surface area contributed by atoms with E-state index in [0.29, 0.717) is 11.5 Å². The molecule has 0 saturated heterocycles. The molecule has 0 bridgehead atoms. The van der Waals surface area contributed by atoms with Crippen molar-refractivity contribution in [2.75, 3.05) is 11.6 Å². The van der Waals surface area contributed by atoms with Crippen molar-refractivity contribution in [2.45, 2.75) is 11.8 Å². The highest BCUT2D eigenvalue weighted by atomic mass is 32.2. The highest BCUT2D eigenvalue weighted by Gasteiger charge is 2.08. The third-order valence-electron chi connectivity index (χ3n) is 2.66. The molecule has 2 rings (SSSR count). The summed E-state index contributed by atoms with van der Waals surface area (Å²) in [5.74, 6) is -0.318. The van der Waals surface area contributed by atoms with Crippen molar-refractivity contribution in [3.63, 3.8) is 0 Å². The molecular formula is C14H14N2O2S. The summed E-state index contributed by atoms with van der Waals surface area (Å²) in [4.78, 5) is 16.3. The quantitative estimate of drug-likeness (QED) is 0.835. The summed E-state index contributed by atoms with van der Waals surface area (Å²) < 4.78 is 0. The molecule has 0 amide bonds. The van der Waals surface area contributed by atoms with Gasteiger partial charge in [0.15, 0.2) is 0 Å². The zero-order valence-electron chi connectivity index (χ0n) is 10.7. The maximum atomic E-state index is 10.9. The van der Waals surface area contributed by atoms with Crippen molar-refractivity contribution >= 4 is 29.2 Å². The van der Waals surface area contributed by atoms with Crippen LogP contribution in [0.5, 0.6) is 0 Å². The first-order chi connectivity index (χ1) is 9.10. The zero-order chi connectivity index (χ0) is 13.8.